The van der Waals surface area contributed by atoms with Gasteiger partial charge in [0.05, 0.1) is 24.0 Å². The minimum atomic E-state index is -0.821. The molecular weight excluding hydrogens is 430 g/mol. The molecule has 11 heteroatoms. The van der Waals surface area contributed by atoms with Crippen molar-refractivity contribution in [1.82, 2.24) is 10.4 Å². The second-order valence-corrected chi connectivity index (χ2v) is 7.49. The summed E-state index contributed by atoms with van der Waals surface area (Å²) in [5.41, 5.74) is 2.36. The molecule has 0 atom stereocenters. The van der Waals surface area contributed by atoms with E-state index in [2.05, 4.69) is 5.43 Å². The van der Waals surface area contributed by atoms with E-state index in [9.17, 15) is 19.7 Å². The van der Waals surface area contributed by atoms with Crippen LogP contribution in [0.25, 0.3) is 6.08 Å². The summed E-state index contributed by atoms with van der Waals surface area (Å²) < 4.78 is 10.7. The van der Waals surface area contributed by atoms with Gasteiger partial charge in [0, 0.05) is 11.6 Å². The second-order valence-electron chi connectivity index (χ2n) is 5.82. The van der Waals surface area contributed by atoms with E-state index >= 15 is 0 Å². The molecule has 0 aliphatic carbocycles. The zero-order valence-electron chi connectivity index (χ0n) is 15.8. The van der Waals surface area contributed by atoms with Crippen molar-refractivity contribution in [3.8, 4) is 11.5 Å². The molecule has 1 aliphatic heterocycles. The van der Waals surface area contributed by atoms with E-state index < -0.39 is 16.7 Å². The summed E-state index contributed by atoms with van der Waals surface area (Å²) in [7, 11) is 2.98. The average molecular weight is 445 g/mol. The van der Waals surface area contributed by atoms with Gasteiger partial charge in [-0.25, -0.2) is 0 Å². The minimum absolute atomic E-state index is 0.0834. The fourth-order valence-corrected chi connectivity index (χ4v) is 3.89. The third-order valence-electron chi connectivity index (χ3n) is 4.07. The van der Waals surface area contributed by atoms with Crippen LogP contribution in [0.1, 0.15) is 15.9 Å². The molecule has 2 aromatic rings. The molecule has 1 fully saturated rings. The largest absolute Gasteiger partial charge is 0.493 e. The van der Waals surface area contributed by atoms with Gasteiger partial charge in [-0.15, -0.1) is 0 Å². The Balaban J connectivity index is 1.87. The normalized spacial score (nSPS) is 14.7. The SMILES string of the molecule is COc1cccc(/C=C2\SC(=S)N(NC(=O)c3ccccc3[N+](=O)[O-])C2=O)c1OC. The number of thiocarbonyl (C=S) groups is 1. The van der Waals surface area contributed by atoms with Crippen molar-refractivity contribution < 1.29 is 24.0 Å². The number of hydrogen-bond acceptors (Lipinski definition) is 8. The number of carbonyl (C=O) groups excluding carboxylic acids is 2. The summed E-state index contributed by atoms with van der Waals surface area (Å²) in [6.45, 7) is 0. The first-order valence-corrected chi connectivity index (χ1v) is 9.63. The number of benzene rings is 2. The first-order chi connectivity index (χ1) is 14.4. The van der Waals surface area contributed by atoms with E-state index in [1.807, 2.05) is 0 Å². The highest BCUT2D eigenvalue weighted by Gasteiger charge is 2.35. The van der Waals surface area contributed by atoms with Gasteiger partial charge in [0.1, 0.15) is 5.56 Å². The Hall–Kier alpha value is -3.44. The number of nitrogens with zero attached hydrogens (tertiary/aromatic N) is 2. The predicted molar refractivity (Wildman–Crippen MR) is 115 cm³/mol. The first kappa shape index (κ1) is 21.3. The van der Waals surface area contributed by atoms with E-state index in [4.69, 9.17) is 21.7 Å². The van der Waals surface area contributed by atoms with E-state index in [1.165, 1.54) is 38.5 Å². The van der Waals surface area contributed by atoms with Crippen molar-refractivity contribution in [2.45, 2.75) is 0 Å². The molecule has 0 spiro atoms. The number of para-hydroxylation sites is 2. The van der Waals surface area contributed by atoms with Crippen LogP contribution in [0.3, 0.4) is 0 Å². The highest BCUT2D eigenvalue weighted by molar-refractivity contribution is 8.26. The van der Waals surface area contributed by atoms with Crippen molar-refractivity contribution >= 4 is 51.9 Å². The van der Waals surface area contributed by atoms with E-state index in [0.29, 0.717) is 17.1 Å². The van der Waals surface area contributed by atoms with Crippen molar-refractivity contribution in [2.75, 3.05) is 14.2 Å². The van der Waals surface area contributed by atoms with Gasteiger partial charge in [0.25, 0.3) is 17.5 Å². The monoisotopic (exact) mass is 445 g/mol. The van der Waals surface area contributed by atoms with Gasteiger partial charge >= 0.3 is 0 Å². The molecule has 1 N–H and O–H groups in total. The van der Waals surface area contributed by atoms with Crippen LogP contribution in [0, 0.1) is 10.1 Å². The lowest BCUT2D eigenvalue weighted by Gasteiger charge is -2.15. The van der Waals surface area contributed by atoms with Gasteiger partial charge < -0.3 is 9.47 Å². The van der Waals surface area contributed by atoms with Gasteiger partial charge in [-0.05, 0) is 30.4 Å². The Labute approximate surface area is 180 Å². The maximum Gasteiger partial charge on any atom is 0.285 e. The molecule has 1 aliphatic rings. The van der Waals surface area contributed by atoms with Gasteiger partial charge in [0.2, 0.25) is 0 Å². The number of amides is 2. The summed E-state index contributed by atoms with van der Waals surface area (Å²) in [4.78, 5) is 36.0. The van der Waals surface area contributed by atoms with Crippen LogP contribution in [0.15, 0.2) is 47.4 Å². The lowest BCUT2D eigenvalue weighted by atomic mass is 10.1. The summed E-state index contributed by atoms with van der Waals surface area (Å²) >= 11 is 6.18. The molecule has 0 unspecified atom stereocenters. The van der Waals surface area contributed by atoms with Crippen LogP contribution in [0.2, 0.25) is 0 Å². The third-order valence-corrected chi connectivity index (χ3v) is 5.37. The van der Waals surface area contributed by atoms with Crippen molar-refractivity contribution in [3.63, 3.8) is 0 Å². The molecule has 0 radical (unpaired) electrons. The molecule has 0 saturated carbocycles. The molecular formula is C19H15N3O6S2. The number of rotatable bonds is 6. The lowest BCUT2D eigenvalue weighted by Crippen LogP contribution is -2.45. The predicted octanol–water partition coefficient (Wildman–Crippen LogP) is 3.16. The number of hydrazine groups is 1. The Bertz CT molecular complexity index is 1090. The number of carbonyl (C=O) groups is 2. The van der Waals surface area contributed by atoms with Crippen LogP contribution in [-0.2, 0) is 4.79 Å². The maximum atomic E-state index is 12.8. The molecule has 154 valence electrons. The number of nitrogens with one attached hydrogen (secondary N) is 1. The molecule has 0 aromatic heterocycles. The molecule has 2 aromatic carbocycles. The van der Waals surface area contributed by atoms with E-state index in [-0.39, 0.29) is 20.5 Å². The topological polar surface area (TPSA) is 111 Å². The Morgan fingerprint density at radius 1 is 1.20 bits per heavy atom. The molecule has 9 nitrogen and oxygen atoms in total. The van der Waals surface area contributed by atoms with Crippen molar-refractivity contribution in [2.24, 2.45) is 0 Å². The number of ether oxygens (including phenoxy) is 2. The highest BCUT2D eigenvalue weighted by Crippen LogP contribution is 2.36. The van der Waals surface area contributed by atoms with E-state index in [0.717, 1.165) is 16.8 Å². The standard InChI is InChI=1S/C19H15N3O6S2/c1-27-14-9-5-6-11(16(14)28-2)10-15-18(24)21(19(29)30-15)20-17(23)12-7-3-4-8-13(12)22(25)26/h3-10H,1-2H3,(H,20,23)/b15-10-. The number of hydrogen-bond donors (Lipinski definition) is 1. The van der Waals surface area contributed by atoms with Crippen LogP contribution >= 0.6 is 24.0 Å². The van der Waals surface area contributed by atoms with Gasteiger partial charge in [-0.3, -0.25) is 25.1 Å². The number of methoxy groups -OCH3 is 2. The zero-order chi connectivity index (χ0) is 21.8. The number of thioether (sulfide) groups is 1. The molecule has 1 saturated heterocycles. The van der Waals surface area contributed by atoms with Crippen molar-refractivity contribution in [1.29, 1.82) is 0 Å². The van der Waals surface area contributed by atoms with Crippen LogP contribution in [0.5, 0.6) is 11.5 Å². The zero-order valence-corrected chi connectivity index (χ0v) is 17.4. The summed E-state index contributed by atoms with van der Waals surface area (Å²) in [5, 5.41) is 12.0. The molecule has 1 heterocycles. The molecule has 0 bridgehead atoms. The smallest absolute Gasteiger partial charge is 0.285 e. The average Bonchev–Trinajstić information content (AvgIpc) is 3.00. The van der Waals surface area contributed by atoms with Gasteiger partial charge in [0.15, 0.2) is 15.8 Å². The second kappa shape index (κ2) is 8.93. The Morgan fingerprint density at radius 3 is 2.60 bits per heavy atom. The summed E-state index contributed by atoms with van der Waals surface area (Å²) in [5.74, 6) is -0.457. The Kier molecular flexibility index (Phi) is 6.33. The minimum Gasteiger partial charge on any atom is -0.493 e. The van der Waals surface area contributed by atoms with Crippen LogP contribution < -0.4 is 14.9 Å². The van der Waals surface area contributed by atoms with E-state index in [1.54, 1.807) is 24.3 Å². The quantitative estimate of drug-likeness (QED) is 0.312. The molecule has 3 rings (SSSR count). The maximum absolute atomic E-state index is 12.8. The number of nitro benzene ring substituents is 1. The fraction of sp³-hybridized carbons (Fsp3) is 0.105. The molecule has 2 amide bonds. The molecule has 30 heavy (non-hydrogen) atoms. The van der Waals surface area contributed by atoms with Crippen LogP contribution in [0.4, 0.5) is 5.69 Å². The fourth-order valence-electron chi connectivity index (χ4n) is 2.72. The third kappa shape index (κ3) is 4.11. The first-order valence-electron chi connectivity index (χ1n) is 8.40. The summed E-state index contributed by atoms with van der Waals surface area (Å²) in [6.07, 6.45) is 1.57. The van der Waals surface area contributed by atoms with Gasteiger partial charge in [-0.2, -0.15) is 5.01 Å². The highest BCUT2D eigenvalue weighted by atomic mass is 32.2. The van der Waals surface area contributed by atoms with Gasteiger partial charge in [-0.1, -0.05) is 36.0 Å². The Morgan fingerprint density at radius 2 is 1.93 bits per heavy atom. The summed E-state index contributed by atoms with van der Waals surface area (Å²) in [6, 6.07) is 10.6. The number of nitro groups is 1. The lowest BCUT2D eigenvalue weighted by molar-refractivity contribution is -0.385. The van der Waals surface area contributed by atoms with Crippen LogP contribution in [-0.4, -0.2) is 40.3 Å². The van der Waals surface area contributed by atoms with Crippen molar-refractivity contribution in [3.05, 3.63) is 68.6 Å².